The molecule has 1 amide bonds. The topological polar surface area (TPSA) is 79.3 Å². The first kappa shape index (κ1) is 15.7. The summed E-state index contributed by atoms with van der Waals surface area (Å²) in [6.07, 6.45) is 1.88. The lowest BCUT2D eigenvalue weighted by Crippen LogP contribution is -2.45. The summed E-state index contributed by atoms with van der Waals surface area (Å²) < 4.78 is 0. The van der Waals surface area contributed by atoms with E-state index in [2.05, 4.69) is 10.3 Å². The smallest absolute Gasteiger partial charge is 0.326 e. The molecule has 0 saturated carbocycles. The molecule has 2 unspecified atom stereocenters. The van der Waals surface area contributed by atoms with Crippen molar-refractivity contribution in [3.8, 4) is 0 Å². The largest absolute Gasteiger partial charge is 0.480 e. The Morgan fingerprint density at radius 2 is 2.11 bits per heavy atom. The predicted octanol–water partition coefficient (Wildman–Crippen LogP) is 2.62. The van der Waals surface area contributed by atoms with E-state index >= 15 is 0 Å². The number of carboxylic acid groups (broad SMARTS) is 1. The lowest BCUT2D eigenvalue weighted by atomic mass is 9.99. The van der Waals surface area contributed by atoms with Crippen LogP contribution in [0.1, 0.15) is 30.6 Å². The van der Waals surface area contributed by atoms with E-state index in [1.54, 1.807) is 6.92 Å². The summed E-state index contributed by atoms with van der Waals surface area (Å²) in [6, 6.07) is 0.397. The Morgan fingerprint density at radius 1 is 1.47 bits per heavy atom. The maximum atomic E-state index is 11.9. The molecule has 1 aromatic rings. The molecular formula is C12H14Cl2N2O3. The SMILES string of the molecule is CCC(C)C(NC(=O)c1cnc(Cl)c(Cl)c1)C(=O)O. The van der Waals surface area contributed by atoms with Gasteiger partial charge in [-0.05, 0) is 12.0 Å². The predicted molar refractivity (Wildman–Crippen MR) is 72.6 cm³/mol. The summed E-state index contributed by atoms with van der Waals surface area (Å²) in [6.45, 7) is 3.61. The quantitative estimate of drug-likeness (QED) is 0.820. The number of aliphatic carboxylic acids is 1. The minimum atomic E-state index is -1.07. The van der Waals surface area contributed by atoms with Crippen LogP contribution < -0.4 is 5.32 Å². The summed E-state index contributed by atoms with van der Waals surface area (Å²) in [5.41, 5.74) is 0.170. The Bertz CT molecular complexity index is 494. The van der Waals surface area contributed by atoms with Crippen LogP contribution in [0.25, 0.3) is 0 Å². The molecule has 0 bridgehead atoms. The van der Waals surface area contributed by atoms with Gasteiger partial charge in [-0.15, -0.1) is 0 Å². The van der Waals surface area contributed by atoms with E-state index in [1.165, 1.54) is 12.3 Å². The summed E-state index contributed by atoms with van der Waals surface area (Å²) in [7, 11) is 0. The van der Waals surface area contributed by atoms with Gasteiger partial charge in [0.15, 0.2) is 0 Å². The van der Waals surface area contributed by atoms with E-state index in [-0.39, 0.29) is 21.7 Å². The van der Waals surface area contributed by atoms with Crippen molar-refractivity contribution in [2.75, 3.05) is 0 Å². The highest BCUT2D eigenvalue weighted by Gasteiger charge is 2.26. The average Bonchev–Trinajstić information content (AvgIpc) is 2.37. The fourth-order valence-electron chi connectivity index (χ4n) is 1.45. The minimum absolute atomic E-state index is 0.0925. The second-order valence-corrected chi connectivity index (χ2v) is 4.94. The molecule has 0 radical (unpaired) electrons. The van der Waals surface area contributed by atoms with Crippen molar-refractivity contribution in [3.63, 3.8) is 0 Å². The zero-order chi connectivity index (χ0) is 14.6. The maximum Gasteiger partial charge on any atom is 0.326 e. The number of amides is 1. The third-order valence-electron chi connectivity index (χ3n) is 2.82. The Hall–Kier alpha value is -1.33. The zero-order valence-electron chi connectivity index (χ0n) is 10.5. The molecule has 1 rings (SSSR count). The normalized spacial score (nSPS) is 13.7. The third kappa shape index (κ3) is 4.08. The van der Waals surface area contributed by atoms with Crippen molar-refractivity contribution in [3.05, 3.63) is 28.0 Å². The molecule has 1 aromatic heterocycles. The van der Waals surface area contributed by atoms with E-state index in [1.807, 2.05) is 6.92 Å². The van der Waals surface area contributed by atoms with Gasteiger partial charge in [-0.25, -0.2) is 9.78 Å². The van der Waals surface area contributed by atoms with Gasteiger partial charge in [0.05, 0.1) is 10.6 Å². The molecule has 104 valence electrons. The summed E-state index contributed by atoms with van der Waals surface area (Å²) in [5, 5.41) is 11.8. The van der Waals surface area contributed by atoms with Gasteiger partial charge in [0.2, 0.25) is 0 Å². The first-order valence-electron chi connectivity index (χ1n) is 5.71. The van der Waals surface area contributed by atoms with E-state index in [4.69, 9.17) is 28.3 Å². The van der Waals surface area contributed by atoms with Gasteiger partial charge >= 0.3 is 5.97 Å². The van der Waals surface area contributed by atoms with Crippen LogP contribution in [0.2, 0.25) is 10.2 Å². The van der Waals surface area contributed by atoms with Crippen LogP contribution in [-0.4, -0.2) is 28.0 Å². The van der Waals surface area contributed by atoms with E-state index in [0.29, 0.717) is 6.42 Å². The van der Waals surface area contributed by atoms with E-state index in [9.17, 15) is 9.59 Å². The molecule has 0 spiro atoms. The number of pyridine rings is 1. The van der Waals surface area contributed by atoms with Crippen LogP contribution in [0.15, 0.2) is 12.3 Å². The summed E-state index contributed by atoms with van der Waals surface area (Å²) >= 11 is 11.4. The van der Waals surface area contributed by atoms with Crippen molar-refractivity contribution in [1.29, 1.82) is 0 Å². The van der Waals surface area contributed by atoms with Crippen molar-refractivity contribution in [1.82, 2.24) is 10.3 Å². The molecule has 0 aliphatic carbocycles. The first-order chi connectivity index (χ1) is 8.86. The minimum Gasteiger partial charge on any atom is -0.480 e. The monoisotopic (exact) mass is 304 g/mol. The Balaban J connectivity index is 2.87. The molecule has 0 saturated heterocycles. The summed E-state index contributed by atoms with van der Waals surface area (Å²) in [5.74, 6) is -1.80. The van der Waals surface area contributed by atoms with Gasteiger partial charge in [-0.3, -0.25) is 4.79 Å². The number of aromatic nitrogens is 1. The van der Waals surface area contributed by atoms with Gasteiger partial charge < -0.3 is 10.4 Å². The molecule has 0 aliphatic rings. The van der Waals surface area contributed by atoms with Crippen LogP contribution in [0.3, 0.4) is 0 Å². The van der Waals surface area contributed by atoms with Crippen LogP contribution in [-0.2, 0) is 4.79 Å². The average molecular weight is 305 g/mol. The number of rotatable bonds is 5. The molecule has 7 heteroatoms. The van der Waals surface area contributed by atoms with Gasteiger partial charge in [-0.1, -0.05) is 43.5 Å². The molecule has 19 heavy (non-hydrogen) atoms. The highest BCUT2D eigenvalue weighted by atomic mass is 35.5. The van der Waals surface area contributed by atoms with Crippen LogP contribution in [0.4, 0.5) is 0 Å². The zero-order valence-corrected chi connectivity index (χ0v) is 12.0. The summed E-state index contributed by atoms with van der Waals surface area (Å²) in [4.78, 5) is 26.8. The number of carbonyl (C=O) groups excluding carboxylic acids is 1. The molecule has 0 fully saturated rings. The van der Waals surface area contributed by atoms with Gasteiger partial charge in [0.1, 0.15) is 11.2 Å². The fourth-order valence-corrected chi connectivity index (χ4v) is 1.72. The molecule has 5 nitrogen and oxygen atoms in total. The van der Waals surface area contributed by atoms with Crippen molar-refractivity contribution >= 4 is 35.1 Å². The second-order valence-electron chi connectivity index (χ2n) is 4.17. The molecule has 0 aliphatic heterocycles. The number of nitrogens with one attached hydrogen (secondary N) is 1. The second kappa shape index (κ2) is 6.73. The molecule has 1 heterocycles. The Labute approximate surface area is 120 Å². The Morgan fingerprint density at radius 3 is 2.58 bits per heavy atom. The highest BCUT2D eigenvalue weighted by Crippen LogP contribution is 2.20. The molecular weight excluding hydrogens is 291 g/mol. The van der Waals surface area contributed by atoms with Crippen LogP contribution in [0.5, 0.6) is 0 Å². The number of halogens is 2. The van der Waals surface area contributed by atoms with Crippen LogP contribution in [0, 0.1) is 5.92 Å². The lowest BCUT2D eigenvalue weighted by molar-refractivity contribution is -0.140. The van der Waals surface area contributed by atoms with E-state index < -0.39 is 17.9 Å². The van der Waals surface area contributed by atoms with Crippen molar-refractivity contribution in [2.24, 2.45) is 5.92 Å². The van der Waals surface area contributed by atoms with Gasteiger partial charge in [-0.2, -0.15) is 0 Å². The maximum absolute atomic E-state index is 11.9. The third-order valence-corrected chi connectivity index (χ3v) is 3.51. The van der Waals surface area contributed by atoms with Gasteiger partial charge in [0, 0.05) is 6.20 Å². The number of hydrogen-bond donors (Lipinski definition) is 2. The number of nitrogens with zero attached hydrogens (tertiary/aromatic N) is 1. The van der Waals surface area contributed by atoms with Crippen molar-refractivity contribution < 1.29 is 14.7 Å². The van der Waals surface area contributed by atoms with E-state index in [0.717, 1.165) is 0 Å². The molecule has 2 N–H and O–H groups in total. The standard InChI is InChI=1S/C12H14Cl2N2O3/c1-3-6(2)9(12(18)19)16-11(17)7-4-8(13)10(14)15-5-7/h4-6,9H,3H2,1-2H3,(H,16,17)(H,18,19). The Kier molecular flexibility index (Phi) is 5.57. The lowest BCUT2D eigenvalue weighted by Gasteiger charge is -2.20. The van der Waals surface area contributed by atoms with Crippen LogP contribution >= 0.6 is 23.2 Å². The number of hydrogen-bond acceptors (Lipinski definition) is 3. The molecule has 0 aromatic carbocycles. The number of carboxylic acids is 1. The van der Waals surface area contributed by atoms with Crippen molar-refractivity contribution in [2.45, 2.75) is 26.3 Å². The first-order valence-corrected chi connectivity index (χ1v) is 6.47. The highest BCUT2D eigenvalue weighted by molar-refractivity contribution is 6.41. The molecule has 2 atom stereocenters. The number of carbonyl (C=O) groups is 2. The van der Waals surface area contributed by atoms with Gasteiger partial charge in [0.25, 0.3) is 5.91 Å². The fraction of sp³-hybridized carbons (Fsp3) is 0.417.